The van der Waals surface area contributed by atoms with Gasteiger partial charge in [0.25, 0.3) is 0 Å². The molecule has 0 radical (unpaired) electrons. The largest absolute Gasteiger partial charge is 0.423 e. The van der Waals surface area contributed by atoms with Gasteiger partial charge in [-0.2, -0.15) is 0 Å². The molecule has 0 bridgehead atoms. The van der Waals surface area contributed by atoms with Gasteiger partial charge in [0.2, 0.25) is 0 Å². The zero-order valence-corrected chi connectivity index (χ0v) is 17.6. The first-order valence-corrected chi connectivity index (χ1v) is 10.6. The van der Waals surface area contributed by atoms with Crippen molar-refractivity contribution >= 4 is 16.7 Å². The Kier molecular flexibility index (Phi) is 6.50. The van der Waals surface area contributed by atoms with Crippen molar-refractivity contribution < 1.29 is 27.1 Å². The van der Waals surface area contributed by atoms with Crippen molar-refractivity contribution in [2.45, 2.75) is 25.7 Å². The van der Waals surface area contributed by atoms with E-state index in [4.69, 9.17) is 4.74 Å². The predicted molar refractivity (Wildman–Crippen MR) is 118 cm³/mol. The fourth-order valence-electron chi connectivity index (χ4n) is 3.95. The third-order valence-corrected chi connectivity index (χ3v) is 5.87. The normalized spacial score (nSPS) is 17.8. The van der Waals surface area contributed by atoms with Crippen molar-refractivity contribution in [2.24, 2.45) is 11.8 Å². The van der Waals surface area contributed by atoms with Gasteiger partial charge in [0.1, 0.15) is 11.6 Å². The summed E-state index contributed by atoms with van der Waals surface area (Å²) in [4.78, 5) is 12.4. The molecule has 4 rings (SSSR count). The smallest absolute Gasteiger partial charge is 0.346 e. The van der Waals surface area contributed by atoms with Gasteiger partial charge in [-0.25, -0.2) is 22.4 Å². The van der Waals surface area contributed by atoms with Gasteiger partial charge >= 0.3 is 5.97 Å². The van der Waals surface area contributed by atoms with Gasteiger partial charge in [-0.15, -0.1) is 6.58 Å². The van der Waals surface area contributed by atoms with E-state index in [-0.39, 0.29) is 28.0 Å². The average molecular weight is 452 g/mol. The number of ether oxygens (including phenoxy) is 1. The number of esters is 1. The van der Waals surface area contributed by atoms with Crippen molar-refractivity contribution in [3.05, 3.63) is 89.5 Å². The molecular weight excluding hydrogens is 432 g/mol. The molecule has 1 aliphatic rings. The van der Waals surface area contributed by atoms with Gasteiger partial charge in [0.15, 0.2) is 17.5 Å². The third-order valence-electron chi connectivity index (χ3n) is 5.87. The van der Waals surface area contributed by atoms with E-state index in [0.29, 0.717) is 11.5 Å². The van der Waals surface area contributed by atoms with Crippen LogP contribution in [0.5, 0.6) is 5.75 Å². The summed E-state index contributed by atoms with van der Waals surface area (Å²) < 4.78 is 60.4. The van der Waals surface area contributed by atoms with Crippen molar-refractivity contribution in [1.82, 2.24) is 0 Å². The maximum atomic E-state index is 14.5. The molecule has 1 saturated carbocycles. The Bertz CT molecular complexity index is 1290. The van der Waals surface area contributed by atoms with E-state index < -0.39 is 29.2 Å². The van der Waals surface area contributed by atoms with E-state index in [2.05, 4.69) is 18.4 Å². The number of allylic oxidation sites excluding steroid dienone is 1. The zero-order chi connectivity index (χ0) is 23.5. The lowest BCUT2D eigenvalue weighted by molar-refractivity contribution is 0.0730. The molecule has 3 aromatic carbocycles. The monoisotopic (exact) mass is 452 g/mol. The Morgan fingerprint density at radius 2 is 1.70 bits per heavy atom. The molecule has 3 aromatic rings. The minimum atomic E-state index is -1.58. The molecule has 0 amide bonds. The van der Waals surface area contributed by atoms with E-state index >= 15 is 0 Å². The van der Waals surface area contributed by atoms with E-state index in [1.807, 2.05) is 6.08 Å². The zero-order valence-electron chi connectivity index (χ0n) is 17.6. The summed E-state index contributed by atoms with van der Waals surface area (Å²) in [5.41, 5.74) is 0.150. The van der Waals surface area contributed by atoms with Crippen LogP contribution in [0.3, 0.4) is 0 Å². The van der Waals surface area contributed by atoms with Gasteiger partial charge in [0, 0.05) is 16.9 Å². The van der Waals surface area contributed by atoms with E-state index in [1.54, 1.807) is 0 Å². The number of hydrogen-bond donors (Lipinski definition) is 0. The molecule has 0 unspecified atom stereocenters. The van der Waals surface area contributed by atoms with Crippen LogP contribution in [0.4, 0.5) is 17.6 Å². The summed E-state index contributed by atoms with van der Waals surface area (Å²) in [7, 11) is 0. The molecule has 6 heteroatoms. The Morgan fingerprint density at radius 3 is 2.39 bits per heavy atom. The molecule has 1 fully saturated rings. The number of carbonyl (C=O) groups excluding carboxylic acids is 1. The molecular formula is C27H20F4O2. The SMILES string of the molecule is C=CC1CCC(C#Cc2ccc(C(=O)Oc3ccc4c(F)c(F)c(F)cc4c3)c(F)c2)CC1. The second-order valence-electron chi connectivity index (χ2n) is 8.07. The summed E-state index contributed by atoms with van der Waals surface area (Å²) in [5, 5.41) is -0.161. The summed E-state index contributed by atoms with van der Waals surface area (Å²) in [6.07, 6.45) is 6.02. The van der Waals surface area contributed by atoms with Crippen LogP contribution in [0.25, 0.3) is 10.8 Å². The molecule has 0 aromatic heterocycles. The predicted octanol–water partition coefficient (Wildman–Crippen LogP) is 6.96. The molecule has 0 atom stereocenters. The number of carbonyl (C=O) groups is 1. The van der Waals surface area contributed by atoms with Gasteiger partial charge in [-0.05, 0) is 79.5 Å². The Balaban J connectivity index is 1.47. The minimum absolute atomic E-state index is 0.00455. The lowest BCUT2D eigenvalue weighted by Crippen LogP contribution is -2.11. The van der Waals surface area contributed by atoms with Crippen molar-refractivity contribution in [3.8, 4) is 17.6 Å². The quantitative estimate of drug-likeness (QED) is 0.107. The molecule has 0 spiro atoms. The highest BCUT2D eigenvalue weighted by atomic mass is 19.2. The number of halogens is 4. The van der Waals surface area contributed by atoms with E-state index in [0.717, 1.165) is 37.8 Å². The van der Waals surface area contributed by atoms with Crippen LogP contribution in [0, 0.1) is 46.9 Å². The summed E-state index contributed by atoms with van der Waals surface area (Å²) >= 11 is 0. The first-order valence-electron chi connectivity index (χ1n) is 10.6. The van der Waals surface area contributed by atoms with Gasteiger partial charge < -0.3 is 4.74 Å². The second-order valence-corrected chi connectivity index (χ2v) is 8.07. The van der Waals surface area contributed by atoms with Crippen LogP contribution >= 0.6 is 0 Å². The molecule has 0 N–H and O–H groups in total. The van der Waals surface area contributed by atoms with Gasteiger partial charge in [0.05, 0.1) is 5.56 Å². The first-order chi connectivity index (χ1) is 15.9. The number of benzene rings is 3. The number of fused-ring (bicyclic) bond motifs is 1. The standard InChI is InChI=1S/C27H20F4O2/c1-2-16-3-5-17(6-4-16)7-8-18-9-11-22(23(28)13-18)27(32)33-20-10-12-21-19(14-20)15-24(29)26(31)25(21)30/h2,9-17H,1,3-6H2. The molecule has 1 aliphatic carbocycles. The highest BCUT2D eigenvalue weighted by Crippen LogP contribution is 2.29. The molecule has 33 heavy (non-hydrogen) atoms. The van der Waals surface area contributed by atoms with Crippen molar-refractivity contribution in [3.63, 3.8) is 0 Å². The minimum Gasteiger partial charge on any atom is -0.423 e. The van der Waals surface area contributed by atoms with Crippen LogP contribution in [0.2, 0.25) is 0 Å². The second kappa shape index (κ2) is 9.50. The molecule has 0 heterocycles. The van der Waals surface area contributed by atoms with E-state index in [9.17, 15) is 22.4 Å². The maximum Gasteiger partial charge on any atom is 0.346 e. The summed E-state index contributed by atoms with van der Waals surface area (Å²) in [5.74, 6) is 0.832. The fourth-order valence-corrected chi connectivity index (χ4v) is 3.95. The van der Waals surface area contributed by atoms with Crippen LogP contribution in [-0.4, -0.2) is 5.97 Å². The molecule has 0 saturated heterocycles. The first kappa shape index (κ1) is 22.6. The molecule has 0 aliphatic heterocycles. The van der Waals surface area contributed by atoms with Gasteiger partial charge in [-0.1, -0.05) is 17.9 Å². The van der Waals surface area contributed by atoms with E-state index in [1.165, 1.54) is 30.3 Å². The lowest BCUT2D eigenvalue weighted by Gasteiger charge is -2.22. The van der Waals surface area contributed by atoms with Gasteiger partial charge in [-0.3, -0.25) is 0 Å². The maximum absolute atomic E-state index is 14.5. The summed E-state index contributed by atoms with van der Waals surface area (Å²) in [6.45, 7) is 3.83. The highest BCUT2D eigenvalue weighted by Gasteiger charge is 2.19. The van der Waals surface area contributed by atoms with Crippen LogP contribution < -0.4 is 4.74 Å². The number of rotatable bonds is 3. The Labute approximate surface area is 188 Å². The molecule has 168 valence electrons. The Morgan fingerprint density at radius 1 is 0.939 bits per heavy atom. The summed E-state index contributed by atoms with van der Waals surface area (Å²) in [6, 6.07) is 8.35. The van der Waals surface area contributed by atoms with Crippen molar-refractivity contribution in [1.29, 1.82) is 0 Å². The van der Waals surface area contributed by atoms with Crippen molar-refractivity contribution in [2.75, 3.05) is 0 Å². The van der Waals surface area contributed by atoms with Crippen LogP contribution in [0.1, 0.15) is 41.6 Å². The topological polar surface area (TPSA) is 26.3 Å². The van der Waals surface area contributed by atoms with Crippen LogP contribution in [-0.2, 0) is 0 Å². The van der Waals surface area contributed by atoms with Crippen LogP contribution in [0.15, 0.2) is 55.1 Å². The number of hydrogen-bond acceptors (Lipinski definition) is 2. The Hall–Kier alpha value is -3.59. The molecule has 2 nitrogen and oxygen atoms in total. The highest BCUT2D eigenvalue weighted by molar-refractivity contribution is 5.92. The fraction of sp³-hybridized carbons (Fsp3) is 0.222. The average Bonchev–Trinajstić information content (AvgIpc) is 2.81. The third kappa shape index (κ3) is 4.93. The lowest BCUT2D eigenvalue weighted by atomic mass is 9.82.